The van der Waals surface area contributed by atoms with Crippen LogP contribution in [-0.4, -0.2) is 73.8 Å². The predicted molar refractivity (Wildman–Crippen MR) is 104 cm³/mol. The molecule has 0 saturated carbocycles. The maximum atomic E-state index is 13.3. The average Bonchev–Trinajstić information content (AvgIpc) is 3.07. The Hall–Kier alpha value is -1.86. The van der Waals surface area contributed by atoms with Gasteiger partial charge in [0.1, 0.15) is 5.69 Å². The molecule has 1 aliphatic rings. The van der Waals surface area contributed by atoms with Gasteiger partial charge in [0, 0.05) is 30.0 Å². The van der Waals surface area contributed by atoms with Gasteiger partial charge in [-0.1, -0.05) is 11.6 Å². The topological polar surface area (TPSA) is 73.5 Å². The minimum absolute atomic E-state index is 0.0601. The lowest BCUT2D eigenvalue weighted by Crippen LogP contribution is -2.44. The van der Waals surface area contributed by atoms with Gasteiger partial charge in [-0.2, -0.15) is 0 Å². The SMILES string of the molecule is Cc1ccc2[nH]c(C(=O)N(CCN(C)C)C3CCS(=O)(=O)C3)c(C)c2c1. The molecule has 0 bridgehead atoms. The van der Waals surface area contributed by atoms with E-state index in [1.165, 1.54) is 0 Å². The Kier molecular flexibility index (Phi) is 5.12. The Morgan fingerprint density at radius 2 is 1.96 bits per heavy atom. The van der Waals surface area contributed by atoms with Crippen LogP contribution >= 0.6 is 0 Å². The van der Waals surface area contributed by atoms with Crippen molar-refractivity contribution in [2.45, 2.75) is 26.3 Å². The molecule has 0 radical (unpaired) electrons. The third kappa shape index (κ3) is 3.78. The summed E-state index contributed by atoms with van der Waals surface area (Å²) in [5, 5.41) is 1.04. The first-order valence-corrected chi connectivity index (χ1v) is 10.7. The highest BCUT2D eigenvalue weighted by Gasteiger charge is 2.35. The summed E-state index contributed by atoms with van der Waals surface area (Å²) in [5.74, 6) is 0.110. The standard InChI is InChI=1S/C19H27N3O3S/c1-13-5-6-17-16(11-13)14(2)18(20-17)19(23)22(9-8-21(3)4)15-7-10-26(24,25)12-15/h5-6,11,15,20H,7-10,12H2,1-4H3. The Morgan fingerprint density at radius 3 is 2.58 bits per heavy atom. The van der Waals surface area contributed by atoms with Crippen LogP contribution in [0.15, 0.2) is 18.2 Å². The number of aromatic nitrogens is 1. The second-order valence-electron chi connectivity index (χ2n) is 7.53. The molecule has 1 amide bonds. The van der Waals surface area contributed by atoms with Gasteiger partial charge in [0.25, 0.3) is 5.91 Å². The molecule has 2 heterocycles. The summed E-state index contributed by atoms with van der Waals surface area (Å²) >= 11 is 0. The van der Waals surface area contributed by atoms with Crippen molar-refractivity contribution >= 4 is 26.6 Å². The largest absolute Gasteiger partial charge is 0.350 e. The van der Waals surface area contributed by atoms with E-state index in [4.69, 9.17) is 0 Å². The summed E-state index contributed by atoms with van der Waals surface area (Å²) in [4.78, 5) is 20.3. The fourth-order valence-electron chi connectivity index (χ4n) is 3.58. The molecule has 1 saturated heterocycles. The first-order chi connectivity index (χ1) is 12.2. The Balaban J connectivity index is 1.95. The molecule has 1 unspecified atom stereocenters. The molecule has 1 fully saturated rings. The molecule has 142 valence electrons. The van der Waals surface area contributed by atoms with Crippen LogP contribution in [0, 0.1) is 13.8 Å². The minimum Gasteiger partial charge on any atom is -0.350 e. The van der Waals surface area contributed by atoms with Crippen LogP contribution in [0.4, 0.5) is 0 Å². The number of nitrogens with one attached hydrogen (secondary N) is 1. The third-order valence-corrected chi connectivity index (χ3v) is 6.88. The normalized spacial score (nSPS) is 19.3. The first-order valence-electron chi connectivity index (χ1n) is 8.93. The van der Waals surface area contributed by atoms with Crippen molar-refractivity contribution in [3.63, 3.8) is 0 Å². The molecule has 0 aliphatic carbocycles. The fraction of sp³-hybridized carbons (Fsp3) is 0.526. The van der Waals surface area contributed by atoms with Crippen LogP contribution in [0.2, 0.25) is 0 Å². The van der Waals surface area contributed by atoms with Gasteiger partial charge in [-0.25, -0.2) is 8.42 Å². The second kappa shape index (κ2) is 7.04. The molecule has 0 spiro atoms. The number of hydrogen-bond donors (Lipinski definition) is 1. The van der Waals surface area contributed by atoms with Crippen LogP contribution in [0.5, 0.6) is 0 Å². The fourth-order valence-corrected chi connectivity index (χ4v) is 5.31. The van der Waals surface area contributed by atoms with Crippen molar-refractivity contribution in [1.82, 2.24) is 14.8 Å². The quantitative estimate of drug-likeness (QED) is 0.865. The van der Waals surface area contributed by atoms with Gasteiger partial charge in [-0.05, 0) is 52.1 Å². The average molecular weight is 378 g/mol. The van der Waals surface area contributed by atoms with Crippen LogP contribution in [0.1, 0.15) is 28.0 Å². The lowest BCUT2D eigenvalue weighted by atomic mass is 10.1. The van der Waals surface area contributed by atoms with Crippen molar-refractivity contribution in [3.8, 4) is 0 Å². The molecule has 6 nitrogen and oxygen atoms in total. The van der Waals surface area contributed by atoms with Crippen LogP contribution in [0.25, 0.3) is 10.9 Å². The van der Waals surface area contributed by atoms with E-state index in [9.17, 15) is 13.2 Å². The maximum Gasteiger partial charge on any atom is 0.270 e. The van der Waals surface area contributed by atoms with E-state index in [0.29, 0.717) is 25.2 Å². The zero-order valence-corrected chi connectivity index (χ0v) is 16.7. The van der Waals surface area contributed by atoms with Crippen molar-refractivity contribution in [3.05, 3.63) is 35.0 Å². The van der Waals surface area contributed by atoms with Gasteiger partial charge in [-0.3, -0.25) is 4.79 Å². The van der Waals surface area contributed by atoms with E-state index in [2.05, 4.69) is 11.1 Å². The highest BCUT2D eigenvalue weighted by atomic mass is 32.2. The highest BCUT2D eigenvalue weighted by Crippen LogP contribution is 2.26. The number of carbonyl (C=O) groups excluding carboxylic acids is 1. The van der Waals surface area contributed by atoms with E-state index < -0.39 is 9.84 Å². The Labute approximate surface area is 155 Å². The van der Waals surface area contributed by atoms with E-state index in [0.717, 1.165) is 22.0 Å². The number of nitrogens with zero attached hydrogens (tertiary/aromatic N) is 2. The number of aryl methyl sites for hydroxylation is 2. The van der Waals surface area contributed by atoms with Crippen molar-refractivity contribution < 1.29 is 13.2 Å². The zero-order chi connectivity index (χ0) is 19.1. The monoisotopic (exact) mass is 377 g/mol. The van der Waals surface area contributed by atoms with Gasteiger partial charge in [-0.15, -0.1) is 0 Å². The van der Waals surface area contributed by atoms with Crippen molar-refractivity contribution in [2.24, 2.45) is 0 Å². The summed E-state index contributed by atoms with van der Waals surface area (Å²) in [5.41, 5.74) is 3.56. The van der Waals surface area contributed by atoms with Gasteiger partial charge < -0.3 is 14.8 Å². The number of amides is 1. The third-order valence-electron chi connectivity index (χ3n) is 5.13. The molecule has 1 atom stereocenters. The summed E-state index contributed by atoms with van der Waals surface area (Å²) in [7, 11) is 0.846. The van der Waals surface area contributed by atoms with Gasteiger partial charge >= 0.3 is 0 Å². The Morgan fingerprint density at radius 1 is 1.23 bits per heavy atom. The van der Waals surface area contributed by atoms with E-state index in [-0.39, 0.29) is 23.5 Å². The van der Waals surface area contributed by atoms with Crippen molar-refractivity contribution in [2.75, 3.05) is 38.7 Å². The number of carbonyl (C=O) groups is 1. The number of likely N-dealkylation sites (N-methyl/N-ethyl adjacent to an activating group) is 1. The maximum absolute atomic E-state index is 13.3. The van der Waals surface area contributed by atoms with Crippen LogP contribution < -0.4 is 0 Å². The molecule has 1 aromatic carbocycles. The van der Waals surface area contributed by atoms with Crippen LogP contribution in [0.3, 0.4) is 0 Å². The molecule has 1 aliphatic heterocycles. The smallest absolute Gasteiger partial charge is 0.270 e. The summed E-state index contributed by atoms with van der Waals surface area (Å²) in [6.07, 6.45) is 0.514. The molecular formula is C19H27N3O3S. The molecule has 26 heavy (non-hydrogen) atoms. The van der Waals surface area contributed by atoms with Gasteiger partial charge in [0.2, 0.25) is 0 Å². The van der Waals surface area contributed by atoms with Crippen LogP contribution in [-0.2, 0) is 9.84 Å². The predicted octanol–water partition coefficient (Wildman–Crippen LogP) is 1.98. The zero-order valence-electron chi connectivity index (χ0n) is 15.9. The molecule has 3 rings (SSSR count). The first kappa shape index (κ1) is 18.9. The number of fused-ring (bicyclic) bond motifs is 1. The lowest BCUT2D eigenvalue weighted by molar-refractivity contribution is 0.0678. The Bertz CT molecular complexity index is 931. The molecule has 2 aromatic rings. The number of rotatable bonds is 5. The molecular weight excluding hydrogens is 350 g/mol. The highest BCUT2D eigenvalue weighted by molar-refractivity contribution is 7.91. The van der Waals surface area contributed by atoms with Gasteiger partial charge in [0.15, 0.2) is 9.84 Å². The number of hydrogen-bond acceptors (Lipinski definition) is 4. The van der Waals surface area contributed by atoms with Gasteiger partial charge in [0.05, 0.1) is 11.5 Å². The van der Waals surface area contributed by atoms with Crippen molar-refractivity contribution in [1.29, 1.82) is 0 Å². The summed E-state index contributed by atoms with van der Waals surface area (Å²) < 4.78 is 23.9. The number of benzene rings is 1. The summed E-state index contributed by atoms with van der Waals surface area (Å²) in [6.45, 7) is 5.18. The van der Waals surface area contributed by atoms with E-state index >= 15 is 0 Å². The van der Waals surface area contributed by atoms with E-state index in [1.807, 2.05) is 45.0 Å². The summed E-state index contributed by atoms with van der Waals surface area (Å²) in [6, 6.07) is 5.82. The molecule has 1 aromatic heterocycles. The van der Waals surface area contributed by atoms with E-state index in [1.54, 1.807) is 4.90 Å². The second-order valence-corrected chi connectivity index (χ2v) is 9.76. The number of H-pyrrole nitrogens is 1. The number of aromatic amines is 1. The molecule has 1 N–H and O–H groups in total. The number of sulfone groups is 1. The molecule has 7 heteroatoms. The minimum atomic E-state index is -3.05. The lowest BCUT2D eigenvalue weighted by Gasteiger charge is -2.29.